The number of hydrogen-bond acceptors (Lipinski definition) is 0. The van der Waals surface area contributed by atoms with Gasteiger partial charge in [-0.15, -0.1) is 0 Å². The first-order valence-electron chi connectivity index (χ1n) is 4.91. The molecule has 0 aromatic carbocycles. The van der Waals surface area contributed by atoms with Crippen molar-refractivity contribution >= 4 is 18.4 Å². The molecule has 0 aliphatic heterocycles. The van der Waals surface area contributed by atoms with Gasteiger partial charge in [0.15, 0.2) is 0 Å². The van der Waals surface area contributed by atoms with Gasteiger partial charge in [-0.05, 0) is 0 Å². The van der Waals surface area contributed by atoms with E-state index in [0.29, 0.717) is 0 Å². The summed E-state index contributed by atoms with van der Waals surface area (Å²) in [7, 11) is 0. The van der Waals surface area contributed by atoms with Crippen molar-refractivity contribution in [3.8, 4) is 0 Å². The van der Waals surface area contributed by atoms with Crippen LogP contribution in [0.15, 0.2) is 48.6 Å². The van der Waals surface area contributed by atoms with Gasteiger partial charge in [-0.1, -0.05) is 0 Å². The van der Waals surface area contributed by atoms with E-state index in [1.165, 1.54) is 0 Å². The van der Waals surface area contributed by atoms with E-state index in [1.54, 1.807) is 0 Å². The molecule has 0 saturated carbocycles. The fourth-order valence-electron chi connectivity index (χ4n) is 2.08. The van der Waals surface area contributed by atoms with Crippen LogP contribution in [0.4, 0.5) is 0 Å². The summed E-state index contributed by atoms with van der Waals surface area (Å²) >= 11 is -1.95. The molecule has 0 fully saturated rings. The number of rotatable bonds is 2. The van der Waals surface area contributed by atoms with Gasteiger partial charge in [0.1, 0.15) is 0 Å². The Bertz CT molecular complexity index is 251. The quantitative estimate of drug-likeness (QED) is 0.676. The summed E-state index contributed by atoms with van der Waals surface area (Å²) in [6.07, 6.45) is 18.3. The molecule has 0 aromatic rings. The minimum atomic E-state index is -1.95. The molecule has 0 spiro atoms. The van der Waals surface area contributed by atoms with Gasteiger partial charge < -0.3 is 0 Å². The van der Waals surface area contributed by atoms with Crippen LogP contribution in [-0.2, 0) is 0 Å². The van der Waals surface area contributed by atoms with Crippen molar-refractivity contribution < 1.29 is 0 Å². The Balaban J connectivity index is 2.19. The van der Waals surface area contributed by atoms with E-state index in [9.17, 15) is 0 Å². The van der Waals surface area contributed by atoms with Crippen molar-refractivity contribution in [3.05, 3.63) is 48.6 Å². The molecule has 13 heavy (non-hydrogen) atoms. The van der Waals surface area contributed by atoms with Gasteiger partial charge in [0.25, 0.3) is 0 Å². The maximum absolute atomic E-state index is 2.55. The average Bonchev–Trinajstić information content (AvgIpc) is 2.78. The Hall–Kier alpha value is -0.241. The van der Waals surface area contributed by atoms with E-state index < -0.39 is 18.4 Å². The second kappa shape index (κ2) is 3.49. The first-order chi connectivity index (χ1) is 6.21. The van der Waals surface area contributed by atoms with Gasteiger partial charge in [-0.3, -0.25) is 0 Å². The molecule has 0 atom stereocenters. The molecule has 0 unspecified atom stereocenters. The topological polar surface area (TPSA) is 0 Å². The zero-order valence-electron chi connectivity index (χ0n) is 8.27. The molecule has 0 heterocycles. The third-order valence-electron chi connectivity index (χ3n) is 3.21. The summed E-state index contributed by atoms with van der Waals surface area (Å²) in [4.78, 5) is 5.09. The molecule has 68 valence electrons. The normalized spacial score (nSPS) is 22.3. The fourth-order valence-corrected chi connectivity index (χ4v) is 10.3. The first-order valence-corrected chi connectivity index (χ1v) is 13.9. The molecule has 2 aliphatic carbocycles. The van der Waals surface area contributed by atoms with Crippen LogP contribution in [0.2, 0.25) is 17.7 Å². The van der Waals surface area contributed by atoms with E-state index in [4.69, 9.17) is 0 Å². The second-order valence-corrected chi connectivity index (χ2v) is 18.6. The molecule has 0 saturated heterocycles. The van der Waals surface area contributed by atoms with E-state index >= 15 is 0 Å². The summed E-state index contributed by atoms with van der Waals surface area (Å²) in [6.45, 7) is 0. The third kappa shape index (κ3) is 1.69. The van der Waals surface area contributed by atoms with Crippen LogP contribution in [0.1, 0.15) is 0 Å². The van der Waals surface area contributed by atoms with Crippen LogP contribution < -0.4 is 0 Å². The third-order valence-corrected chi connectivity index (χ3v) is 15.2. The minimum absolute atomic E-state index is 0.798. The van der Waals surface area contributed by atoms with Crippen molar-refractivity contribution in [2.24, 2.45) is 0 Å². The Morgan fingerprint density at radius 3 is 1.31 bits per heavy atom. The summed E-state index contributed by atoms with van der Waals surface area (Å²) < 4.78 is 1.60. The number of hydrogen-bond donors (Lipinski definition) is 0. The SMILES string of the molecule is [CH3][Sn]([CH3])([CH]1C=CC=C1)[CH]1C=CC=C1. The van der Waals surface area contributed by atoms with Crippen molar-refractivity contribution in [1.82, 2.24) is 0 Å². The molecule has 2 rings (SSSR count). The Labute approximate surface area is 84.6 Å². The van der Waals surface area contributed by atoms with E-state index in [2.05, 4.69) is 58.5 Å². The summed E-state index contributed by atoms with van der Waals surface area (Å²) in [5.74, 6) is 0. The molecular formula is C12H16Sn. The van der Waals surface area contributed by atoms with Gasteiger partial charge in [0.2, 0.25) is 0 Å². The molecule has 0 amide bonds. The Morgan fingerprint density at radius 1 is 0.692 bits per heavy atom. The Kier molecular flexibility index (Phi) is 2.50. The van der Waals surface area contributed by atoms with E-state index in [0.717, 1.165) is 7.87 Å². The van der Waals surface area contributed by atoms with Crippen LogP contribution in [0.5, 0.6) is 0 Å². The van der Waals surface area contributed by atoms with Crippen molar-refractivity contribution in [3.63, 3.8) is 0 Å². The monoisotopic (exact) mass is 280 g/mol. The van der Waals surface area contributed by atoms with Crippen LogP contribution >= 0.6 is 0 Å². The van der Waals surface area contributed by atoms with Crippen molar-refractivity contribution in [2.75, 3.05) is 0 Å². The molecular weight excluding hydrogens is 263 g/mol. The molecule has 0 bridgehead atoms. The fraction of sp³-hybridized carbons (Fsp3) is 0.333. The molecule has 0 nitrogen and oxygen atoms in total. The molecule has 2 aliphatic rings. The molecule has 1 heteroatoms. The average molecular weight is 279 g/mol. The summed E-state index contributed by atoms with van der Waals surface area (Å²) in [5.41, 5.74) is 0. The van der Waals surface area contributed by atoms with Crippen LogP contribution in [-0.4, -0.2) is 18.4 Å². The van der Waals surface area contributed by atoms with Gasteiger partial charge in [-0.2, -0.15) is 0 Å². The van der Waals surface area contributed by atoms with Gasteiger partial charge in [-0.25, -0.2) is 0 Å². The predicted molar refractivity (Wildman–Crippen MR) is 61.5 cm³/mol. The van der Waals surface area contributed by atoms with Crippen molar-refractivity contribution in [1.29, 1.82) is 0 Å². The molecule has 0 radical (unpaired) electrons. The molecule has 0 aromatic heterocycles. The van der Waals surface area contributed by atoms with Gasteiger partial charge in [0.05, 0.1) is 0 Å². The summed E-state index contributed by atoms with van der Waals surface area (Å²) in [6, 6.07) is 0. The van der Waals surface area contributed by atoms with E-state index in [-0.39, 0.29) is 0 Å². The van der Waals surface area contributed by atoms with Gasteiger partial charge in [0, 0.05) is 0 Å². The van der Waals surface area contributed by atoms with E-state index in [1.807, 2.05) is 0 Å². The van der Waals surface area contributed by atoms with Crippen LogP contribution in [0.25, 0.3) is 0 Å². The number of allylic oxidation sites excluding steroid dienone is 8. The molecule has 0 N–H and O–H groups in total. The van der Waals surface area contributed by atoms with Crippen molar-refractivity contribution in [2.45, 2.75) is 17.7 Å². The first kappa shape index (κ1) is 9.32. The van der Waals surface area contributed by atoms with Gasteiger partial charge >= 0.3 is 84.7 Å². The standard InChI is InChI=1S/2C5H5.2CH3.Sn/c2*1-2-4-5-3-1;;;/h2*1-5H;2*1H3;. The second-order valence-electron chi connectivity index (χ2n) is 4.41. The van der Waals surface area contributed by atoms with Crippen LogP contribution in [0, 0.1) is 0 Å². The maximum atomic E-state index is 2.55. The van der Waals surface area contributed by atoms with Crippen LogP contribution in [0.3, 0.4) is 0 Å². The summed E-state index contributed by atoms with van der Waals surface area (Å²) in [5, 5.41) is 0. The zero-order chi connectivity index (χ0) is 9.31. The Morgan fingerprint density at radius 2 is 1.00 bits per heavy atom. The zero-order valence-corrected chi connectivity index (χ0v) is 11.1. The predicted octanol–water partition coefficient (Wildman–Crippen LogP) is 3.69.